The van der Waals surface area contributed by atoms with Crippen molar-refractivity contribution >= 4 is 17.8 Å². The summed E-state index contributed by atoms with van der Waals surface area (Å²) in [5.74, 6) is -0.484. The number of likely N-dealkylation sites (N-methyl/N-ethyl adjacent to an activating group) is 1. The fourth-order valence-corrected chi connectivity index (χ4v) is 3.13. The quantitative estimate of drug-likeness (QED) is 0.528. The molecule has 1 heterocycles. The highest BCUT2D eigenvalue weighted by Gasteiger charge is 2.47. The molecule has 0 saturated carbocycles. The van der Waals surface area contributed by atoms with Gasteiger partial charge in [0, 0.05) is 6.54 Å². The molecule has 1 fully saturated rings. The maximum absolute atomic E-state index is 12.8. The van der Waals surface area contributed by atoms with Crippen molar-refractivity contribution in [1.29, 1.82) is 0 Å². The van der Waals surface area contributed by atoms with Crippen molar-refractivity contribution in [3.05, 3.63) is 29.8 Å². The summed E-state index contributed by atoms with van der Waals surface area (Å²) in [5, 5.41) is 5.46. The molecular weight excluding hydrogens is 398 g/mol. The molecule has 166 valence electrons. The van der Waals surface area contributed by atoms with E-state index >= 15 is 0 Å². The molecule has 1 aliphatic rings. The van der Waals surface area contributed by atoms with E-state index in [-0.39, 0.29) is 30.8 Å². The Balaban J connectivity index is 1.91. The van der Waals surface area contributed by atoms with Crippen LogP contribution in [0.2, 0.25) is 0 Å². The average Bonchev–Trinajstić information content (AvgIpc) is 2.89. The molecule has 0 aromatic heterocycles. The molecular formula is C20H28F2N4O4. The second kappa shape index (κ2) is 10.3. The number of halogens is 2. The van der Waals surface area contributed by atoms with Crippen molar-refractivity contribution in [1.82, 2.24) is 20.4 Å². The van der Waals surface area contributed by atoms with Gasteiger partial charge in [-0.2, -0.15) is 8.78 Å². The van der Waals surface area contributed by atoms with Crippen LogP contribution in [0.25, 0.3) is 0 Å². The minimum atomic E-state index is -2.89. The number of nitrogens with zero attached hydrogens (tertiary/aromatic N) is 2. The van der Waals surface area contributed by atoms with E-state index in [2.05, 4.69) is 15.4 Å². The second-order valence-electron chi connectivity index (χ2n) is 7.52. The Morgan fingerprint density at radius 1 is 1.30 bits per heavy atom. The zero-order valence-corrected chi connectivity index (χ0v) is 17.4. The van der Waals surface area contributed by atoms with Crippen molar-refractivity contribution in [2.75, 3.05) is 26.8 Å². The molecule has 8 nitrogen and oxygen atoms in total. The lowest BCUT2D eigenvalue weighted by atomic mass is 9.93. The summed E-state index contributed by atoms with van der Waals surface area (Å²) in [6, 6.07) is 5.64. The summed E-state index contributed by atoms with van der Waals surface area (Å²) in [7, 11) is 1.66. The zero-order valence-electron chi connectivity index (χ0n) is 17.4. The highest BCUT2D eigenvalue weighted by molar-refractivity contribution is 6.06. The number of hydrogen-bond donors (Lipinski definition) is 2. The van der Waals surface area contributed by atoms with Crippen LogP contribution in [-0.4, -0.2) is 66.6 Å². The van der Waals surface area contributed by atoms with E-state index in [0.29, 0.717) is 19.4 Å². The highest BCUT2D eigenvalue weighted by atomic mass is 19.3. The third-order valence-electron chi connectivity index (χ3n) is 4.78. The summed E-state index contributed by atoms with van der Waals surface area (Å²) in [6.45, 7) is 1.35. The van der Waals surface area contributed by atoms with E-state index in [1.54, 1.807) is 31.0 Å². The first-order chi connectivity index (χ1) is 14.1. The van der Waals surface area contributed by atoms with Gasteiger partial charge < -0.3 is 15.4 Å². The first-order valence-corrected chi connectivity index (χ1v) is 9.77. The first kappa shape index (κ1) is 23.5. The van der Waals surface area contributed by atoms with E-state index in [9.17, 15) is 23.2 Å². The van der Waals surface area contributed by atoms with Crippen LogP contribution in [0.5, 0.6) is 5.75 Å². The molecule has 0 aliphatic carbocycles. The Morgan fingerprint density at radius 2 is 1.97 bits per heavy atom. The van der Waals surface area contributed by atoms with Gasteiger partial charge in [0.25, 0.3) is 5.91 Å². The Morgan fingerprint density at radius 3 is 2.57 bits per heavy atom. The Hall–Kier alpha value is -2.75. The van der Waals surface area contributed by atoms with Crippen molar-refractivity contribution in [2.24, 2.45) is 0 Å². The van der Waals surface area contributed by atoms with Crippen LogP contribution in [0.15, 0.2) is 24.3 Å². The van der Waals surface area contributed by atoms with E-state index < -0.39 is 18.2 Å². The summed E-state index contributed by atoms with van der Waals surface area (Å²) < 4.78 is 28.8. The fraction of sp³-hybridized carbons (Fsp3) is 0.550. The Bertz CT molecular complexity index is 760. The van der Waals surface area contributed by atoms with Crippen molar-refractivity contribution in [3.8, 4) is 5.75 Å². The summed E-state index contributed by atoms with van der Waals surface area (Å²) in [5.41, 5.74) is -0.261. The van der Waals surface area contributed by atoms with E-state index in [1.807, 2.05) is 6.92 Å². The summed E-state index contributed by atoms with van der Waals surface area (Å²) >= 11 is 0. The molecule has 1 saturated heterocycles. The third kappa shape index (κ3) is 6.38. The normalized spacial score (nSPS) is 18.8. The van der Waals surface area contributed by atoms with Gasteiger partial charge in [-0.1, -0.05) is 19.1 Å². The van der Waals surface area contributed by atoms with Gasteiger partial charge in [0.1, 0.15) is 11.3 Å². The number of amides is 4. The van der Waals surface area contributed by atoms with Gasteiger partial charge in [0.05, 0.1) is 13.2 Å². The minimum absolute atomic E-state index is 0.000530. The average molecular weight is 426 g/mol. The summed E-state index contributed by atoms with van der Waals surface area (Å²) in [6.07, 6.45) is 1.62. The third-order valence-corrected chi connectivity index (χ3v) is 4.78. The number of carbonyl (C=O) groups excluding carboxylic acids is 3. The van der Waals surface area contributed by atoms with Crippen LogP contribution in [-0.2, 0) is 16.0 Å². The van der Waals surface area contributed by atoms with E-state index in [1.165, 1.54) is 12.1 Å². The Kier molecular flexibility index (Phi) is 8.10. The number of alkyl halides is 2. The maximum atomic E-state index is 12.8. The lowest BCUT2D eigenvalue weighted by Gasteiger charge is -2.24. The number of carbonyl (C=O) groups is 3. The molecule has 0 bridgehead atoms. The predicted molar refractivity (Wildman–Crippen MR) is 106 cm³/mol. The monoisotopic (exact) mass is 426 g/mol. The number of benzene rings is 1. The van der Waals surface area contributed by atoms with Gasteiger partial charge >= 0.3 is 12.6 Å². The van der Waals surface area contributed by atoms with Crippen molar-refractivity contribution in [3.63, 3.8) is 0 Å². The lowest BCUT2D eigenvalue weighted by Crippen LogP contribution is -2.46. The smallest absolute Gasteiger partial charge is 0.387 e. The van der Waals surface area contributed by atoms with E-state index in [4.69, 9.17) is 0 Å². The molecule has 0 spiro atoms. The number of imide groups is 1. The number of hydrogen-bond acceptors (Lipinski definition) is 5. The lowest BCUT2D eigenvalue weighted by molar-refractivity contribution is -0.133. The second-order valence-corrected chi connectivity index (χ2v) is 7.52. The minimum Gasteiger partial charge on any atom is -0.435 e. The number of nitrogens with one attached hydrogen (secondary N) is 2. The van der Waals surface area contributed by atoms with E-state index in [0.717, 1.165) is 16.9 Å². The molecule has 1 aromatic rings. The highest BCUT2D eigenvalue weighted by Crippen LogP contribution is 2.24. The van der Waals surface area contributed by atoms with Crippen LogP contribution in [0.3, 0.4) is 0 Å². The summed E-state index contributed by atoms with van der Waals surface area (Å²) in [4.78, 5) is 39.7. The van der Waals surface area contributed by atoms with Gasteiger partial charge in [-0.3, -0.25) is 14.5 Å². The molecule has 0 unspecified atom stereocenters. The molecule has 1 aromatic carbocycles. The van der Waals surface area contributed by atoms with Crippen LogP contribution >= 0.6 is 0 Å². The van der Waals surface area contributed by atoms with Gasteiger partial charge in [0.15, 0.2) is 0 Å². The van der Waals surface area contributed by atoms with Gasteiger partial charge in [-0.15, -0.1) is 0 Å². The molecule has 1 aliphatic heterocycles. The molecule has 10 heteroatoms. The standard InChI is InChI=1S/C20H28F2N4O4/c1-4-11-23-16(27)12-25(3)13-26-17(28)20(2,24-19(26)29)10-9-14-5-7-15(8-6-14)30-18(21)22/h5-8,18H,4,9-13H2,1-3H3,(H,23,27)(H,24,29)/t20-/m0/s1. The number of ether oxygens (including phenoxy) is 1. The molecule has 1 atom stereocenters. The maximum Gasteiger partial charge on any atom is 0.387 e. The van der Waals surface area contributed by atoms with Crippen molar-refractivity contribution in [2.45, 2.75) is 45.3 Å². The molecule has 2 rings (SSSR count). The zero-order chi connectivity index (χ0) is 22.3. The van der Waals surface area contributed by atoms with Crippen LogP contribution in [0.4, 0.5) is 13.6 Å². The van der Waals surface area contributed by atoms with Crippen LogP contribution < -0.4 is 15.4 Å². The van der Waals surface area contributed by atoms with Gasteiger partial charge in [-0.05, 0) is 50.9 Å². The Labute approximate surface area is 174 Å². The molecule has 30 heavy (non-hydrogen) atoms. The van der Waals surface area contributed by atoms with Crippen LogP contribution in [0.1, 0.15) is 32.3 Å². The number of rotatable bonds is 11. The molecule has 2 N–H and O–H groups in total. The molecule has 4 amide bonds. The van der Waals surface area contributed by atoms with Crippen molar-refractivity contribution < 1.29 is 27.9 Å². The van der Waals surface area contributed by atoms with Gasteiger partial charge in [-0.25, -0.2) is 9.69 Å². The number of aryl methyl sites for hydroxylation is 1. The topological polar surface area (TPSA) is 91.0 Å². The molecule has 0 radical (unpaired) electrons. The first-order valence-electron chi connectivity index (χ1n) is 9.77. The largest absolute Gasteiger partial charge is 0.435 e. The fourth-order valence-electron chi connectivity index (χ4n) is 3.13. The number of urea groups is 1. The van der Waals surface area contributed by atoms with Gasteiger partial charge in [0.2, 0.25) is 5.91 Å². The van der Waals surface area contributed by atoms with Crippen LogP contribution in [0, 0.1) is 0 Å². The SMILES string of the molecule is CCCNC(=O)CN(C)CN1C(=O)N[C@@](C)(CCc2ccc(OC(F)F)cc2)C1=O. The predicted octanol–water partition coefficient (Wildman–Crippen LogP) is 1.95.